The second-order valence-corrected chi connectivity index (χ2v) is 6.70. The van der Waals surface area contributed by atoms with Gasteiger partial charge in [-0.25, -0.2) is 9.55 Å². The summed E-state index contributed by atoms with van der Waals surface area (Å²) in [6.07, 6.45) is 1.65. The van der Waals surface area contributed by atoms with Crippen LogP contribution in [0.25, 0.3) is 33.3 Å². The van der Waals surface area contributed by atoms with Crippen LogP contribution in [0.3, 0.4) is 0 Å². The van der Waals surface area contributed by atoms with Crippen LogP contribution in [0, 0.1) is 13.8 Å². The molecule has 0 unspecified atom stereocenters. The Labute approximate surface area is 153 Å². The predicted octanol–water partition coefficient (Wildman–Crippen LogP) is 5.21. The molecule has 3 nitrogen and oxygen atoms in total. The molecule has 0 spiro atoms. The Balaban J connectivity index is 2.01. The van der Waals surface area contributed by atoms with Crippen LogP contribution >= 0.6 is 0 Å². The van der Waals surface area contributed by atoms with E-state index in [1.807, 2.05) is 48.9 Å². The standard InChI is InChI=1S/C22H23N2O/c1-13(2)17-9-8-16-21-19(25-22(16)23-17)11-7-15(4)20(21)18-10-6-14(3)12-24(18)5/h6-13H,1-5H3/q+1/i3D3,13D. The fraction of sp³-hybridized carbons (Fsp3) is 0.273. The van der Waals surface area contributed by atoms with E-state index >= 15 is 0 Å². The molecule has 4 aromatic rings. The van der Waals surface area contributed by atoms with Crippen molar-refractivity contribution >= 4 is 22.1 Å². The van der Waals surface area contributed by atoms with E-state index in [-0.39, 0.29) is 0 Å². The van der Waals surface area contributed by atoms with E-state index in [2.05, 4.69) is 4.98 Å². The molecular weight excluding hydrogens is 308 g/mol. The molecule has 0 aliphatic heterocycles. The van der Waals surface area contributed by atoms with Gasteiger partial charge in [0.1, 0.15) is 12.6 Å². The first kappa shape index (κ1) is 11.8. The maximum Gasteiger partial charge on any atom is 0.227 e. The molecular formula is C22H23N2O+. The first-order valence-electron chi connectivity index (χ1n) is 10.3. The minimum absolute atomic E-state index is 0.301. The van der Waals surface area contributed by atoms with E-state index in [9.17, 15) is 0 Å². The third kappa shape index (κ3) is 2.51. The largest absolute Gasteiger partial charge is 0.438 e. The van der Waals surface area contributed by atoms with Gasteiger partial charge in [0.25, 0.3) is 0 Å². The number of nitrogens with zero attached hydrogens (tertiary/aromatic N) is 2. The highest BCUT2D eigenvalue weighted by Gasteiger charge is 2.21. The van der Waals surface area contributed by atoms with Gasteiger partial charge >= 0.3 is 0 Å². The monoisotopic (exact) mass is 335 g/mol. The minimum Gasteiger partial charge on any atom is -0.438 e. The fourth-order valence-corrected chi connectivity index (χ4v) is 3.33. The van der Waals surface area contributed by atoms with Gasteiger partial charge in [-0.15, -0.1) is 0 Å². The van der Waals surface area contributed by atoms with Crippen molar-refractivity contribution in [2.45, 2.75) is 33.5 Å². The Morgan fingerprint density at radius 3 is 2.72 bits per heavy atom. The molecule has 0 radical (unpaired) electrons. The van der Waals surface area contributed by atoms with Crippen LogP contribution in [-0.2, 0) is 7.05 Å². The molecule has 0 aliphatic carbocycles. The molecule has 3 heteroatoms. The van der Waals surface area contributed by atoms with Crippen LogP contribution in [0.1, 0.15) is 42.0 Å². The summed E-state index contributed by atoms with van der Waals surface area (Å²) in [5.41, 5.74) is 5.11. The molecule has 0 saturated carbocycles. The summed E-state index contributed by atoms with van der Waals surface area (Å²) < 4.78 is 39.1. The lowest BCUT2D eigenvalue weighted by atomic mass is 9.98. The van der Waals surface area contributed by atoms with E-state index in [1.54, 1.807) is 26.1 Å². The molecule has 0 fully saturated rings. The Bertz CT molecular complexity index is 1250. The maximum absolute atomic E-state index is 8.24. The van der Waals surface area contributed by atoms with Crippen molar-refractivity contribution in [3.05, 3.63) is 59.4 Å². The van der Waals surface area contributed by atoms with Crippen molar-refractivity contribution in [2.24, 2.45) is 7.05 Å². The summed E-state index contributed by atoms with van der Waals surface area (Å²) >= 11 is 0. The molecule has 1 aromatic carbocycles. The lowest BCUT2D eigenvalue weighted by Gasteiger charge is -2.07. The summed E-state index contributed by atoms with van der Waals surface area (Å²) in [6.45, 7) is 3.47. The van der Waals surface area contributed by atoms with Gasteiger partial charge in [-0.2, -0.15) is 0 Å². The summed E-state index contributed by atoms with van der Waals surface area (Å²) in [7, 11) is 1.85. The van der Waals surface area contributed by atoms with Crippen molar-refractivity contribution < 1.29 is 14.5 Å². The van der Waals surface area contributed by atoms with E-state index < -0.39 is 12.7 Å². The summed E-state index contributed by atoms with van der Waals surface area (Å²) in [6, 6.07) is 11.2. The molecule has 0 amide bonds. The highest BCUT2D eigenvalue weighted by molar-refractivity contribution is 6.11. The van der Waals surface area contributed by atoms with Gasteiger partial charge in [-0.1, -0.05) is 19.9 Å². The predicted molar refractivity (Wildman–Crippen MR) is 102 cm³/mol. The summed E-state index contributed by atoms with van der Waals surface area (Å²) in [4.78, 5) is 4.58. The number of furan rings is 1. The number of aryl methyl sites for hydroxylation is 3. The smallest absolute Gasteiger partial charge is 0.227 e. The Kier molecular flexibility index (Phi) is 2.69. The number of fused-ring (bicyclic) bond motifs is 3. The van der Waals surface area contributed by atoms with Crippen LogP contribution in [0.5, 0.6) is 0 Å². The van der Waals surface area contributed by atoms with Gasteiger partial charge in [0.2, 0.25) is 11.4 Å². The van der Waals surface area contributed by atoms with Crippen LogP contribution in [0.2, 0.25) is 0 Å². The van der Waals surface area contributed by atoms with Crippen molar-refractivity contribution in [3.63, 3.8) is 0 Å². The van der Waals surface area contributed by atoms with E-state index in [1.165, 1.54) is 0 Å². The minimum atomic E-state index is -2.15. The number of benzene rings is 1. The lowest BCUT2D eigenvalue weighted by molar-refractivity contribution is -0.660. The number of hydrogen-bond acceptors (Lipinski definition) is 2. The molecule has 3 heterocycles. The summed E-state index contributed by atoms with van der Waals surface area (Å²) in [5, 5.41) is 1.82. The fourth-order valence-electron chi connectivity index (χ4n) is 3.33. The van der Waals surface area contributed by atoms with E-state index in [4.69, 9.17) is 9.90 Å². The van der Waals surface area contributed by atoms with Crippen LogP contribution in [0.15, 0.2) is 47.0 Å². The zero-order valence-electron chi connectivity index (χ0n) is 18.8. The maximum atomic E-state index is 8.24. The molecule has 0 bridgehead atoms. The topological polar surface area (TPSA) is 29.9 Å². The Morgan fingerprint density at radius 2 is 2.00 bits per heavy atom. The number of aromatic nitrogens is 2. The molecule has 0 atom stereocenters. The van der Waals surface area contributed by atoms with Crippen molar-refractivity contribution in [1.29, 1.82) is 0 Å². The van der Waals surface area contributed by atoms with E-state index in [0.29, 0.717) is 22.6 Å². The number of hydrogen-bond donors (Lipinski definition) is 0. The average molecular weight is 335 g/mol. The second-order valence-electron chi connectivity index (χ2n) is 6.70. The lowest BCUT2D eigenvalue weighted by Crippen LogP contribution is -2.31. The van der Waals surface area contributed by atoms with Gasteiger partial charge in [0.05, 0.1) is 5.56 Å². The van der Waals surface area contributed by atoms with Crippen LogP contribution < -0.4 is 4.57 Å². The second kappa shape index (κ2) is 5.69. The van der Waals surface area contributed by atoms with Gasteiger partial charge in [-0.05, 0) is 49.5 Å². The SMILES string of the molecule is [2H]C([2H])([2H])c1ccc(-c2c(C)ccc3oc4nc(C([2H])(C)C)ccc4c23)[n+](C)c1. The van der Waals surface area contributed by atoms with Gasteiger partial charge in [0, 0.05) is 33.6 Å². The number of rotatable bonds is 2. The molecule has 25 heavy (non-hydrogen) atoms. The molecule has 3 aromatic heterocycles. The highest BCUT2D eigenvalue weighted by atomic mass is 16.3. The Morgan fingerprint density at radius 1 is 1.16 bits per heavy atom. The zero-order valence-corrected chi connectivity index (χ0v) is 14.8. The van der Waals surface area contributed by atoms with Gasteiger partial charge < -0.3 is 4.42 Å². The van der Waals surface area contributed by atoms with Crippen LogP contribution in [0.4, 0.5) is 0 Å². The first-order chi connectivity index (χ1) is 13.5. The molecule has 0 saturated heterocycles. The molecule has 126 valence electrons. The van der Waals surface area contributed by atoms with Crippen molar-refractivity contribution in [1.82, 2.24) is 4.98 Å². The molecule has 0 N–H and O–H groups in total. The normalized spacial score (nSPS) is 15.0. The average Bonchev–Trinajstić information content (AvgIpc) is 2.98. The van der Waals surface area contributed by atoms with E-state index in [0.717, 1.165) is 27.6 Å². The zero-order chi connectivity index (χ0) is 21.1. The van der Waals surface area contributed by atoms with Crippen molar-refractivity contribution in [2.75, 3.05) is 0 Å². The third-order valence-corrected chi connectivity index (χ3v) is 4.61. The van der Waals surface area contributed by atoms with Gasteiger partial charge in [-0.3, -0.25) is 0 Å². The quantitative estimate of drug-likeness (QED) is 0.471. The summed E-state index contributed by atoms with van der Waals surface area (Å²) in [5.74, 6) is -0.816. The van der Waals surface area contributed by atoms with Gasteiger partial charge in [0.15, 0.2) is 6.20 Å². The molecule has 4 rings (SSSR count). The molecule has 0 aliphatic rings. The third-order valence-electron chi connectivity index (χ3n) is 4.61. The first-order valence-corrected chi connectivity index (χ1v) is 8.31. The highest BCUT2D eigenvalue weighted by Crippen LogP contribution is 2.37. The Hall–Kier alpha value is -2.68. The number of pyridine rings is 2. The van der Waals surface area contributed by atoms with Crippen molar-refractivity contribution in [3.8, 4) is 11.3 Å². The van der Waals surface area contributed by atoms with Crippen LogP contribution in [-0.4, -0.2) is 4.98 Å².